The van der Waals surface area contributed by atoms with E-state index in [2.05, 4.69) is 30.5 Å². The lowest BCUT2D eigenvalue weighted by molar-refractivity contribution is 0.249. The number of fused-ring (bicyclic) bond motifs is 1. The van der Waals surface area contributed by atoms with Gasteiger partial charge in [-0.25, -0.2) is 14.8 Å². The lowest BCUT2D eigenvalue weighted by atomic mass is 10.2. The second-order valence-electron chi connectivity index (χ2n) is 6.29. The molecular formula is C18H20N6O. The number of amides is 2. The predicted molar refractivity (Wildman–Crippen MR) is 97.8 cm³/mol. The van der Waals surface area contributed by atoms with E-state index in [1.165, 1.54) is 0 Å². The van der Waals surface area contributed by atoms with Crippen LogP contribution in [0.4, 0.5) is 16.3 Å². The zero-order valence-corrected chi connectivity index (χ0v) is 14.0. The van der Waals surface area contributed by atoms with E-state index in [0.29, 0.717) is 0 Å². The summed E-state index contributed by atoms with van der Waals surface area (Å²) < 4.78 is 0. The summed E-state index contributed by atoms with van der Waals surface area (Å²) in [5, 5.41) is 6.95. The normalized spacial score (nSPS) is 17.0. The van der Waals surface area contributed by atoms with E-state index in [1.807, 2.05) is 43.5 Å². The van der Waals surface area contributed by atoms with Crippen molar-refractivity contribution in [3.8, 4) is 0 Å². The number of anilines is 2. The van der Waals surface area contributed by atoms with Crippen LogP contribution in [-0.4, -0.2) is 40.1 Å². The van der Waals surface area contributed by atoms with Crippen LogP contribution in [0.3, 0.4) is 0 Å². The molecule has 2 amide bonds. The molecule has 1 aromatic carbocycles. The molecule has 25 heavy (non-hydrogen) atoms. The second-order valence-corrected chi connectivity index (χ2v) is 6.29. The molecule has 2 aromatic heterocycles. The number of benzene rings is 1. The minimum Gasteiger partial charge on any atom is -0.354 e. The number of nitrogens with zero attached hydrogens (tertiary/aromatic N) is 3. The van der Waals surface area contributed by atoms with Crippen molar-refractivity contribution >= 4 is 28.6 Å². The van der Waals surface area contributed by atoms with Gasteiger partial charge in [0, 0.05) is 31.0 Å². The van der Waals surface area contributed by atoms with Crippen LogP contribution < -0.4 is 15.5 Å². The molecule has 1 fully saturated rings. The topological polar surface area (TPSA) is 85.9 Å². The number of urea groups is 1. The number of hydrogen-bond acceptors (Lipinski definition) is 4. The van der Waals surface area contributed by atoms with Crippen molar-refractivity contribution in [1.29, 1.82) is 0 Å². The molecule has 1 saturated heterocycles. The molecule has 1 atom stereocenters. The first-order valence-corrected chi connectivity index (χ1v) is 8.37. The quantitative estimate of drug-likeness (QED) is 0.686. The maximum atomic E-state index is 12.2. The number of H-pyrrole nitrogens is 1. The zero-order chi connectivity index (χ0) is 17.2. The largest absolute Gasteiger partial charge is 0.354 e. The highest BCUT2D eigenvalue weighted by molar-refractivity contribution is 5.91. The van der Waals surface area contributed by atoms with Gasteiger partial charge in [0.1, 0.15) is 17.8 Å². The number of aromatic amines is 1. The molecule has 3 aromatic rings. The van der Waals surface area contributed by atoms with Crippen molar-refractivity contribution in [3.05, 3.63) is 48.4 Å². The molecular weight excluding hydrogens is 316 g/mol. The summed E-state index contributed by atoms with van der Waals surface area (Å²) in [6, 6.07) is 9.36. The summed E-state index contributed by atoms with van der Waals surface area (Å²) in [5.74, 6) is 0.927. The van der Waals surface area contributed by atoms with Crippen LogP contribution in [-0.2, 0) is 0 Å². The summed E-state index contributed by atoms with van der Waals surface area (Å²) >= 11 is 0. The Morgan fingerprint density at radius 3 is 2.96 bits per heavy atom. The van der Waals surface area contributed by atoms with Crippen LogP contribution in [0.25, 0.3) is 11.0 Å². The van der Waals surface area contributed by atoms with E-state index >= 15 is 0 Å². The smallest absolute Gasteiger partial charge is 0.319 e. The van der Waals surface area contributed by atoms with Gasteiger partial charge in [0.25, 0.3) is 0 Å². The summed E-state index contributed by atoms with van der Waals surface area (Å²) in [6.45, 7) is 3.64. The second kappa shape index (κ2) is 6.43. The van der Waals surface area contributed by atoms with Gasteiger partial charge in [-0.2, -0.15) is 0 Å². The Balaban J connectivity index is 1.43. The van der Waals surface area contributed by atoms with Gasteiger partial charge >= 0.3 is 6.03 Å². The average molecular weight is 336 g/mol. The van der Waals surface area contributed by atoms with E-state index in [0.717, 1.165) is 47.6 Å². The molecule has 7 heteroatoms. The maximum absolute atomic E-state index is 12.2. The first-order chi connectivity index (χ1) is 12.2. The maximum Gasteiger partial charge on any atom is 0.319 e. The lowest BCUT2D eigenvalue weighted by Crippen LogP contribution is -2.39. The Labute approximate surface area is 145 Å². The first-order valence-electron chi connectivity index (χ1n) is 8.37. The van der Waals surface area contributed by atoms with Gasteiger partial charge in [-0.1, -0.05) is 18.2 Å². The third-order valence-corrected chi connectivity index (χ3v) is 4.50. The van der Waals surface area contributed by atoms with Gasteiger partial charge < -0.3 is 20.5 Å². The number of hydrogen-bond donors (Lipinski definition) is 3. The van der Waals surface area contributed by atoms with Crippen molar-refractivity contribution in [3.63, 3.8) is 0 Å². The number of aryl methyl sites for hydroxylation is 1. The minimum absolute atomic E-state index is 0.0907. The van der Waals surface area contributed by atoms with Crippen LogP contribution in [0.5, 0.6) is 0 Å². The van der Waals surface area contributed by atoms with Gasteiger partial charge in [-0.15, -0.1) is 0 Å². The molecule has 0 bridgehead atoms. The van der Waals surface area contributed by atoms with Crippen LogP contribution in [0.1, 0.15) is 12.0 Å². The predicted octanol–water partition coefficient (Wildman–Crippen LogP) is 2.67. The third-order valence-electron chi connectivity index (χ3n) is 4.50. The summed E-state index contributed by atoms with van der Waals surface area (Å²) in [4.78, 5) is 26.3. The number of rotatable bonds is 3. The highest BCUT2D eigenvalue weighted by Crippen LogP contribution is 2.28. The van der Waals surface area contributed by atoms with Gasteiger partial charge in [-0.3, -0.25) is 0 Å². The number of carbonyl (C=O) groups excluding carboxylic acids is 1. The zero-order valence-electron chi connectivity index (χ0n) is 14.0. The molecule has 128 valence electrons. The summed E-state index contributed by atoms with van der Waals surface area (Å²) in [5.41, 5.74) is 2.76. The van der Waals surface area contributed by atoms with Gasteiger partial charge in [0.05, 0.1) is 5.39 Å². The molecule has 3 heterocycles. The number of carbonyl (C=O) groups is 1. The Morgan fingerprint density at radius 1 is 1.28 bits per heavy atom. The molecule has 0 unspecified atom stereocenters. The van der Waals surface area contributed by atoms with Crippen molar-refractivity contribution in [2.45, 2.75) is 19.4 Å². The summed E-state index contributed by atoms with van der Waals surface area (Å²) in [6.07, 6.45) is 4.41. The Bertz CT molecular complexity index is 891. The van der Waals surface area contributed by atoms with Crippen molar-refractivity contribution < 1.29 is 4.79 Å². The SMILES string of the molecule is Cc1c[nH]c2ncnc(N3CC[C@@H](NC(=O)Nc4ccccc4)C3)c12. The van der Waals surface area contributed by atoms with E-state index in [1.54, 1.807) is 6.33 Å². The fourth-order valence-electron chi connectivity index (χ4n) is 3.28. The molecule has 1 aliphatic heterocycles. The molecule has 3 N–H and O–H groups in total. The van der Waals surface area contributed by atoms with Crippen molar-refractivity contribution in [2.75, 3.05) is 23.3 Å². The Kier molecular flexibility index (Phi) is 3.97. The van der Waals surface area contributed by atoms with Crippen molar-refractivity contribution in [2.24, 2.45) is 0 Å². The lowest BCUT2D eigenvalue weighted by Gasteiger charge is -2.19. The van der Waals surface area contributed by atoms with E-state index in [-0.39, 0.29) is 12.1 Å². The molecule has 1 aliphatic rings. The summed E-state index contributed by atoms with van der Waals surface area (Å²) in [7, 11) is 0. The van der Waals surface area contributed by atoms with E-state index < -0.39 is 0 Å². The van der Waals surface area contributed by atoms with Gasteiger partial charge in [-0.05, 0) is 31.0 Å². The standard InChI is InChI=1S/C18H20N6O/c1-12-9-19-16-15(12)17(21-11-20-16)24-8-7-14(10-24)23-18(25)22-13-5-3-2-4-6-13/h2-6,9,11,14H,7-8,10H2,1H3,(H,19,20,21)(H2,22,23,25)/t14-/m1/s1. The van der Waals surface area contributed by atoms with Gasteiger partial charge in [0.2, 0.25) is 0 Å². The van der Waals surface area contributed by atoms with Gasteiger partial charge in [0.15, 0.2) is 0 Å². The highest BCUT2D eigenvalue weighted by Gasteiger charge is 2.26. The third kappa shape index (κ3) is 3.13. The van der Waals surface area contributed by atoms with Crippen LogP contribution in [0.15, 0.2) is 42.9 Å². The monoisotopic (exact) mass is 336 g/mol. The molecule has 7 nitrogen and oxygen atoms in total. The van der Waals surface area contributed by atoms with E-state index in [4.69, 9.17) is 0 Å². The first kappa shape index (κ1) is 15.4. The fraction of sp³-hybridized carbons (Fsp3) is 0.278. The highest BCUT2D eigenvalue weighted by atomic mass is 16.2. The fourth-order valence-corrected chi connectivity index (χ4v) is 3.28. The molecule has 4 rings (SSSR count). The number of para-hydroxylation sites is 1. The van der Waals surface area contributed by atoms with Crippen LogP contribution >= 0.6 is 0 Å². The Hall–Kier alpha value is -3.09. The van der Waals surface area contributed by atoms with E-state index in [9.17, 15) is 4.79 Å². The average Bonchev–Trinajstić information content (AvgIpc) is 3.23. The van der Waals surface area contributed by atoms with Crippen molar-refractivity contribution in [1.82, 2.24) is 20.3 Å². The molecule has 0 radical (unpaired) electrons. The van der Waals surface area contributed by atoms with Crippen LogP contribution in [0, 0.1) is 6.92 Å². The molecule has 0 saturated carbocycles. The Morgan fingerprint density at radius 2 is 2.12 bits per heavy atom. The number of nitrogens with one attached hydrogen (secondary N) is 3. The number of aromatic nitrogens is 3. The minimum atomic E-state index is -0.177. The molecule has 0 aliphatic carbocycles. The van der Waals surface area contributed by atoms with Crippen LogP contribution in [0.2, 0.25) is 0 Å². The molecule has 0 spiro atoms.